The molecule has 12 heavy (non-hydrogen) atoms. The summed E-state index contributed by atoms with van der Waals surface area (Å²) >= 11 is 11.5. The predicted molar refractivity (Wildman–Crippen MR) is 40.7 cm³/mol. The van der Waals surface area contributed by atoms with Crippen molar-refractivity contribution in [3.8, 4) is 0 Å². The van der Waals surface area contributed by atoms with E-state index in [1.165, 1.54) is 0 Å². The van der Waals surface area contributed by atoms with Crippen LogP contribution in [-0.4, -0.2) is 30.0 Å². The van der Waals surface area contributed by atoms with Crippen LogP contribution in [0, 0.1) is 0 Å². The van der Waals surface area contributed by atoms with Crippen molar-refractivity contribution in [1.29, 1.82) is 0 Å². The van der Waals surface area contributed by atoms with Gasteiger partial charge in [0.25, 0.3) is 0 Å². The first-order chi connectivity index (χ1) is 5.52. The average molecular weight is 215 g/mol. The van der Waals surface area contributed by atoms with Crippen LogP contribution >= 0.6 is 23.2 Å². The van der Waals surface area contributed by atoms with E-state index in [0.717, 1.165) is 0 Å². The molecule has 0 aliphatic carbocycles. The average Bonchev–Trinajstić information content (AvgIpc) is 2.41. The molecular weight excluding hydrogens is 207 g/mol. The van der Waals surface area contributed by atoms with Gasteiger partial charge in [0.1, 0.15) is 0 Å². The molecule has 0 saturated carbocycles. The molecule has 0 radical (unpaired) electrons. The second-order valence-corrected chi connectivity index (χ2v) is 4.12. The second-order valence-electron chi connectivity index (χ2n) is 2.83. The smallest absolute Gasteiger partial charge is 0.299 e. The van der Waals surface area contributed by atoms with Gasteiger partial charge < -0.3 is 0 Å². The van der Waals surface area contributed by atoms with Crippen LogP contribution in [0.5, 0.6) is 0 Å². The lowest BCUT2D eigenvalue weighted by Gasteiger charge is -2.20. The maximum atomic E-state index is 5.83. The van der Waals surface area contributed by atoms with Gasteiger partial charge in [-0.2, -0.15) is 0 Å². The molecule has 2 rings (SSSR count). The molecule has 2 aliphatic heterocycles. The van der Waals surface area contributed by atoms with Gasteiger partial charge in [0.05, 0.1) is 13.2 Å². The lowest BCUT2D eigenvalue weighted by Crippen LogP contribution is -2.33. The molecule has 4 nitrogen and oxygen atoms in total. The van der Waals surface area contributed by atoms with Gasteiger partial charge in [0.15, 0.2) is 10.6 Å². The largest absolute Gasteiger partial charge is 0.416 e. The summed E-state index contributed by atoms with van der Waals surface area (Å²) in [5, 5.41) is -0.902. The predicted octanol–water partition coefficient (Wildman–Crippen LogP) is 1.21. The van der Waals surface area contributed by atoms with E-state index in [2.05, 4.69) is 0 Å². The van der Waals surface area contributed by atoms with Gasteiger partial charge in [0.2, 0.25) is 0 Å². The van der Waals surface area contributed by atoms with Crippen LogP contribution in [-0.2, 0) is 18.9 Å². The third-order valence-corrected chi connectivity index (χ3v) is 1.91. The summed E-state index contributed by atoms with van der Waals surface area (Å²) in [6.07, 6.45) is -1.47. The number of alkyl halides is 2. The lowest BCUT2D eigenvalue weighted by molar-refractivity contribution is -0.430. The van der Waals surface area contributed by atoms with Crippen molar-refractivity contribution >= 4 is 23.2 Å². The number of hydrogen-bond acceptors (Lipinski definition) is 4. The molecule has 3 atom stereocenters. The summed E-state index contributed by atoms with van der Waals surface area (Å²) in [5.41, 5.74) is -0.546. The Bertz CT molecular complexity index is 198. The molecule has 0 amide bonds. The van der Waals surface area contributed by atoms with Gasteiger partial charge in [-0.3, -0.25) is 18.9 Å². The fourth-order valence-corrected chi connectivity index (χ4v) is 1.38. The van der Waals surface area contributed by atoms with E-state index in [-0.39, 0.29) is 13.2 Å². The van der Waals surface area contributed by atoms with Gasteiger partial charge in [-0.1, -0.05) is 23.2 Å². The Morgan fingerprint density at radius 1 is 1.42 bits per heavy atom. The Labute approximate surface area is 79.6 Å². The minimum absolute atomic E-state index is 0.207. The molecule has 2 heterocycles. The van der Waals surface area contributed by atoms with Crippen molar-refractivity contribution in [2.24, 2.45) is 0 Å². The summed E-state index contributed by atoms with van der Waals surface area (Å²) in [6, 6.07) is 0. The van der Waals surface area contributed by atoms with E-state index in [1.807, 2.05) is 0 Å². The van der Waals surface area contributed by atoms with Gasteiger partial charge in [-0.05, 0) is 6.92 Å². The van der Waals surface area contributed by atoms with Crippen LogP contribution in [0.3, 0.4) is 0 Å². The van der Waals surface area contributed by atoms with E-state index >= 15 is 0 Å². The highest BCUT2D eigenvalue weighted by molar-refractivity contribution is 6.23. The van der Waals surface area contributed by atoms with Crippen LogP contribution in [0.2, 0.25) is 0 Å². The summed E-state index contributed by atoms with van der Waals surface area (Å²) in [5.74, 6) is 0. The molecule has 2 saturated heterocycles. The van der Waals surface area contributed by atoms with Crippen LogP contribution in [0.25, 0.3) is 0 Å². The van der Waals surface area contributed by atoms with Gasteiger partial charge in [-0.15, -0.1) is 0 Å². The highest BCUT2D eigenvalue weighted by Gasteiger charge is 2.55. The van der Waals surface area contributed by atoms with E-state index in [4.69, 9.17) is 42.1 Å². The summed E-state index contributed by atoms with van der Waals surface area (Å²) in [7, 11) is 0. The van der Waals surface area contributed by atoms with Crippen molar-refractivity contribution in [3.05, 3.63) is 0 Å². The van der Waals surface area contributed by atoms with Crippen molar-refractivity contribution in [1.82, 2.24) is 0 Å². The van der Waals surface area contributed by atoms with Crippen LogP contribution in [0.15, 0.2) is 0 Å². The van der Waals surface area contributed by atoms with Crippen molar-refractivity contribution in [2.45, 2.75) is 23.7 Å². The van der Waals surface area contributed by atoms with Gasteiger partial charge in [0, 0.05) is 0 Å². The first-order valence-corrected chi connectivity index (χ1v) is 4.32. The highest BCUT2D eigenvalue weighted by Crippen LogP contribution is 2.40. The first-order valence-electron chi connectivity index (χ1n) is 3.50. The second kappa shape index (κ2) is 2.70. The SMILES string of the molecule is CC1(Cl)COC2(OCC(Cl)O2)O1. The van der Waals surface area contributed by atoms with Crippen molar-refractivity contribution in [3.63, 3.8) is 0 Å². The summed E-state index contributed by atoms with van der Waals surface area (Å²) < 4.78 is 20.4. The van der Waals surface area contributed by atoms with E-state index in [9.17, 15) is 0 Å². The zero-order valence-corrected chi connectivity index (χ0v) is 7.89. The topological polar surface area (TPSA) is 36.9 Å². The van der Waals surface area contributed by atoms with Crippen molar-refractivity contribution in [2.75, 3.05) is 13.2 Å². The quantitative estimate of drug-likeness (QED) is 0.569. The minimum atomic E-state index is -1.47. The molecule has 6 heteroatoms. The van der Waals surface area contributed by atoms with E-state index in [0.29, 0.717) is 0 Å². The molecule has 1 spiro atoms. The Morgan fingerprint density at radius 3 is 2.58 bits per heavy atom. The normalized spacial score (nSPS) is 53.8. The molecule has 0 aromatic heterocycles. The fourth-order valence-electron chi connectivity index (χ4n) is 1.06. The van der Waals surface area contributed by atoms with Crippen LogP contribution < -0.4 is 0 Å². The molecule has 0 aromatic rings. The van der Waals surface area contributed by atoms with E-state index in [1.54, 1.807) is 6.92 Å². The maximum Gasteiger partial charge on any atom is 0.416 e. The molecule has 3 unspecified atom stereocenters. The number of rotatable bonds is 0. The molecule has 70 valence electrons. The fraction of sp³-hybridized carbons (Fsp3) is 1.00. The number of hydrogen-bond donors (Lipinski definition) is 0. The molecule has 2 fully saturated rings. The Morgan fingerprint density at radius 2 is 2.17 bits per heavy atom. The Hall–Kier alpha value is 0.420. The summed E-state index contributed by atoms with van der Waals surface area (Å²) in [4.78, 5) is 0. The van der Waals surface area contributed by atoms with Crippen LogP contribution in [0.1, 0.15) is 6.92 Å². The highest BCUT2D eigenvalue weighted by atomic mass is 35.5. The van der Waals surface area contributed by atoms with Crippen molar-refractivity contribution < 1.29 is 18.9 Å². The van der Waals surface area contributed by atoms with Crippen LogP contribution in [0.4, 0.5) is 0 Å². The number of halogens is 2. The number of ether oxygens (including phenoxy) is 4. The Balaban J connectivity index is 2.06. The summed E-state index contributed by atoms with van der Waals surface area (Å²) in [6.45, 7) is 2.10. The van der Waals surface area contributed by atoms with E-state index < -0.39 is 16.8 Å². The molecule has 2 aliphatic rings. The molecule has 0 bridgehead atoms. The third-order valence-electron chi connectivity index (χ3n) is 1.51. The molecule has 0 N–H and O–H groups in total. The first kappa shape index (κ1) is 8.99. The lowest BCUT2D eigenvalue weighted by atomic mass is 10.4. The maximum absolute atomic E-state index is 5.83. The zero-order valence-electron chi connectivity index (χ0n) is 6.38. The third kappa shape index (κ3) is 1.55. The standard InChI is InChI=1S/C6H8Cl2O4/c1-5(8)3-10-6(12-5)9-2-4(7)11-6/h4H,2-3H2,1H3. The molecular formula is C6H8Cl2O4. The Kier molecular flexibility index (Phi) is 2.03. The zero-order chi connectivity index (χ0) is 8.82. The molecule has 0 aromatic carbocycles. The monoisotopic (exact) mass is 214 g/mol. The van der Waals surface area contributed by atoms with Gasteiger partial charge >= 0.3 is 6.16 Å². The minimum Gasteiger partial charge on any atom is -0.299 e. The van der Waals surface area contributed by atoms with Gasteiger partial charge in [-0.25, -0.2) is 0 Å².